The lowest BCUT2D eigenvalue weighted by atomic mass is 9.92. The number of hydrogen-bond donors (Lipinski definition) is 3. The monoisotopic (exact) mass is 559 g/mol. The number of hydrazine groups is 1. The fourth-order valence-electron chi connectivity index (χ4n) is 4.87. The van der Waals surface area contributed by atoms with Gasteiger partial charge >= 0.3 is 5.97 Å². The summed E-state index contributed by atoms with van der Waals surface area (Å²) in [4.78, 5) is 65.8. The van der Waals surface area contributed by atoms with E-state index in [2.05, 4.69) is 10.7 Å². The van der Waals surface area contributed by atoms with Crippen molar-refractivity contribution in [3.63, 3.8) is 0 Å². The zero-order valence-corrected chi connectivity index (χ0v) is 23.4. The maximum Gasteiger partial charge on any atom is 0.304 e. The Bertz CT molecular complexity index is 1040. The lowest BCUT2D eigenvalue weighted by molar-refractivity contribution is -0.142. The summed E-state index contributed by atoms with van der Waals surface area (Å²) < 4.78 is 5.45. The Balaban J connectivity index is 1.64. The van der Waals surface area contributed by atoms with Crippen molar-refractivity contribution in [2.45, 2.75) is 44.9 Å². The molecular formula is C28H41N5O7. The van der Waals surface area contributed by atoms with E-state index in [0.717, 1.165) is 37.4 Å². The van der Waals surface area contributed by atoms with Crippen LogP contribution >= 0.6 is 0 Å². The fourth-order valence-corrected chi connectivity index (χ4v) is 4.87. The highest BCUT2D eigenvalue weighted by atomic mass is 16.5. The average molecular weight is 560 g/mol. The van der Waals surface area contributed by atoms with E-state index in [1.54, 1.807) is 19.0 Å². The second-order valence-electron chi connectivity index (χ2n) is 10.5. The van der Waals surface area contributed by atoms with Gasteiger partial charge in [-0.05, 0) is 75.4 Å². The normalized spacial score (nSPS) is 17.6. The number of aliphatic carboxylic acids is 1. The van der Waals surface area contributed by atoms with Crippen LogP contribution in [0.5, 0.6) is 5.75 Å². The number of rotatable bonds is 12. The highest BCUT2D eigenvalue weighted by molar-refractivity contribution is 6.05. The van der Waals surface area contributed by atoms with E-state index < -0.39 is 23.7 Å². The smallest absolute Gasteiger partial charge is 0.304 e. The van der Waals surface area contributed by atoms with Crippen molar-refractivity contribution < 1.29 is 33.8 Å². The van der Waals surface area contributed by atoms with Gasteiger partial charge in [-0.15, -0.1) is 0 Å². The van der Waals surface area contributed by atoms with E-state index in [1.165, 1.54) is 29.2 Å². The third-order valence-electron chi connectivity index (χ3n) is 7.34. The Morgan fingerprint density at radius 1 is 1.05 bits per heavy atom. The van der Waals surface area contributed by atoms with Gasteiger partial charge in [0.05, 0.1) is 12.3 Å². The maximum absolute atomic E-state index is 13.6. The number of carboxylic acids is 1. The second-order valence-corrected chi connectivity index (χ2v) is 10.5. The molecule has 0 aliphatic carbocycles. The molecule has 0 saturated carbocycles. The van der Waals surface area contributed by atoms with Gasteiger partial charge in [-0.3, -0.25) is 24.0 Å². The first-order valence-electron chi connectivity index (χ1n) is 13.9. The van der Waals surface area contributed by atoms with Gasteiger partial charge in [0.1, 0.15) is 5.75 Å². The molecule has 4 amide bonds. The van der Waals surface area contributed by atoms with Crippen LogP contribution in [0.3, 0.4) is 0 Å². The Morgan fingerprint density at radius 3 is 2.40 bits per heavy atom. The average Bonchev–Trinajstić information content (AvgIpc) is 2.97. The molecule has 2 aliphatic heterocycles. The number of likely N-dealkylation sites (tertiary alicyclic amines) is 1. The summed E-state index contributed by atoms with van der Waals surface area (Å²) in [7, 11) is 3.24. The summed E-state index contributed by atoms with van der Waals surface area (Å²) in [6.07, 6.45) is 4.29. The van der Waals surface area contributed by atoms with Gasteiger partial charge in [0.2, 0.25) is 11.8 Å². The topological polar surface area (TPSA) is 149 Å². The van der Waals surface area contributed by atoms with E-state index in [0.29, 0.717) is 37.5 Å². The van der Waals surface area contributed by atoms with Crippen LogP contribution in [0, 0.1) is 11.8 Å². The summed E-state index contributed by atoms with van der Waals surface area (Å²) >= 11 is 0. The number of amides is 4. The van der Waals surface area contributed by atoms with Gasteiger partial charge in [-0.1, -0.05) is 0 Å². The van der Waals surface area contributed by atoms with Crippen molar-refractivity contribution in [3.8, 4) is 5.75 Å². The first-order chi connectivity index (χ1) is 19.2. The van der Waals surface area contributed by atoms with Gasteiger partial charge in [-0.25, -0.2) is 10.4 Å². The first-order valence-corrected chi connectivity index (χ1v) is 13.9. The minimum atomic E-state index is -1.07. The molecule has 0 unspecified atom stereocenters. The van der Waals surface area contributed by atoms with Gasteiger partial charge in [0.25, 0.3) is 11.8 Å². The Labute approximate surface area is 235 Å². The molecule has 220 valence electrons. The molecule has 0 bridgehead atoms. The molecule has 12 nitrogen and oxygen atoms in total. The summed E-state index contributed by atoms with van der Waals surface area (Å²) in [5, 5.41) is 13.3. The highest BCUT2D eigenvalue weighted by Crippen LogP contribution is 2.23. The summed E-state index contributed by atoms with van der Waals surface area (Å²) in [5.74, 6) is -2.06. The number of ether oxygens (including phenoxy) is 1. The van der Waals surface area contributed by atoms with E-state index >= 15 is 0 Å². The third kappa shape index (κ3) is 9.30. The standard InChI is InChI=1S/C28H41N5O7/c1-31(2)25(35)19-40-23-8-6-21(7-9-23)27(38)33(30-16-13-26(36)37)28(39)22-4-3-17-32(18-22)24(34)10-5-20-11-14-29-15-12-20/h6-9,20,22,29-30H,3-5,10-19H2,1-2H3,(H,36,37)/t22-/m1/s1. The molecular weight excluding hydrogens is 518 g/mol. The number of likely N-dealkylation sites (N-methyl/N-ethyl adjacent to an activating group) is 1. The fraction of sp³-hybridized carbons (Fsp3) is 0.607. The van der Waals surface area contributed by atoms with Crippen molar-refractivity contribution in [3.05, 3.63) is 29.8 Å². The lowest BCUT2D eigenvalue weighted by Crippen LogP contribution is -2.53. The van der Waals surface area contributed by atoms with Crippen LogP contribution in [-0.2, 0) is 19.2 Å². The van der Waals surface area contributed by atoms with Gasteiger partial charge in [0, 0.05) is 45.7 Å². The molecule has 3 rings (SSSR count). The molecule has 2 heterocycles. The van der Waals surface area contributed by atoms with Gasteiger partial charge < -0.3 is 25.0 Å². The Kier molecular flexibility index (Phi) is 11.9. The lowest BCUT2D eigenvalue weighted by Gasteiger charge is -2.35. The number of carbonyl (C=O) groups is 5. The van der Waals surface area contributed by atoms with Crippen molar-refractivity contribution in [2.24, 2.45) is 11.8 Å². The Morgan fingerprint density at radius 2 is 1.75 bits per heavy atom. The number of nitrogens with one attached hydrogen (secondary N) is 2. The van der Waals surface area contributed by atoms with Crippen LogP contribution in [0.2, 0.25) is 0 Å². The number of nitrogens with zero attached hydrogens (tertiary/aromatic N) is 3. The van der Waals surface area contributed by atoms with Crippen molar-refractivity contribution in [1.29, 1.82) is 0 Å². The number of benzene rings is 1. The molecule has 40 heavy (non-hydrogen) atoms. The highest BCUT2D eigenvalue weighted by Gasteiger charge is 2.34. The molecule has 2 fully saturated rings. The minimum Gasteiger partial charge on any atom is -0.484 e. The number of carboxylic acid groups (broad SMARTS) is 1. The maximum atomic E-state index is 13.6. The number of carbonyl (C=O) groups excluding carboxylic acids is 4. The predicted octanol–water partition coefficient (Wildman–Crippen LogP) is 1.12. The quantitative estimate of drug-likeness (QED) is 0.253. The molecule has 2 aliphatic rings. The molecule has 1 aromatic rings. The Hall–Kier alpha value is -3.51. The van der Waals surface area contributed by atoms with E-state index in [4.69, 9.17) is 9.84 Å². The molecule has 1 aromatic carbocycles. The number of hydrogen-bond acceptors (Lipinski definition) is 8. The summed E-state index contributed by atoms with van der Waals surface area (Å²) in [6, 6.07) is 6.02. The van der Waals surface area contributed by atoms with Crippen LogP contribution in [0.25, 0.3) is 0 Å². The van der Waals surface area contributed by atoms with Gasteiger partial charge in [-0.2, -0.15) is 0 Å². The molecule has 0 spiro atoms. The summed E-state index contributed by atoms with van der Waals surface area (Å²) in [6.45, 7) is 2.48. The number of imide groups is 1. The van der Waals surface area contributed by atoms with Crippen LogP contribution in [0.15, 0.2) is 24.3 Å². The predicted molar refractivity (Wildman–Crippen MR) is 146 cm³/mol. The van der Waals surface area contributed by atoms with Crippen molar-refractivity contribution in [2.75, 3.05) is 53.4 Å². The zero-order valence-electron chi connectivity index (χ0n) is 23.4. The molecule has 1 atom stereocenters. The van der Waals surface area contributed by atoms with Crippen molar-refractivity contribution in [1.82, 2.24) is 25.6 Å². The molecule has 0 aromatic heterocycles. The molecule has 0 radical (unpaired) electrons. The van der Waals surface area contributed by atoms with Crippen molar-refractivity contribution >= 4 is 29.6 Å². The van der Waals surface area contributed by atoms with Crippen LogP contribution in [-0.4, -0.2) is 103 Å². The SMILES string of the molecule is CN(C)C(=O)COc1ccc(C(=O)N(NCCC(=O)O)C(=O)[C@@H]2CCCN(C(=O)CCC3CCNCC3)C2)cc1. The minimum absolute atomic E-state index is 0.0242. The molecule has 3 N–H and O–H groups in total. The number of piperidine rings is 2. The zero-order chi connectivity index (χ0) is 29.1. The first kappa shape index (κ1) is 31.0. The second kappa shape index (κ2) is 15.3. The van der Waals surface area contributed by atoms with E-state index in [9.17, 15) is 24.0 Å². The van der Waals surface area contributed by atoms with E-state index in [-0.39, 0.29) is 43.5 Å². The van der Waals surface area contributed by atoms with Crippen LogP contribution in [0.1, 0.15) is 55.3 Å². The largest absolute Gasteiger partial charge is 0.484 e. The molecule has 2 saturated heterocycles. The molecule has 12 heteroatoms. The van der Waals surface area contributed by atoms with Gasteiger partial charge in [0.15, 0.2) is 6.61 Å². The summed E-state index contributed by atoms with van der Waals surface area (Å²) in [5.41, 5.74) is 2.88. The van der Waals surface area contributed by atoms with Crippen LogP contribution < -0.4 is 15.5 Å². The van der Waals surface area contributed by atoms with E-state index in [1.807, 2.05) is 0 Å². The third-order valence-corrected chi connectivity index (χ3v) is 7.34. The van der Waals surface area contributed by atoms with Crippen LogP contribution in [0.4, 0.5) is 0 Å².